The van der Waals surface area contributed by atoms with Crippen molar-refractivity contribution < 1.29 is 22.6 Å². The Morgan fingerprint density at radius 2 is 1.85 bits per heavy atom. The number of hydrogen-bond donors (Lipinski definition) is 2. The summed E-state index contributed by atoms with van der Waals surface area (Å²) in [6.45, 7) is 1.87. The average Bonchev–Trinajstić information content (AvgIpc) is 3.50. The summed E-state index contributed by atoms with van der Waals surface area (Å²) in [6, 6.07) is 4.97. The number of rotatable bonds is 5. The van der Waals surface area contributed by atoms with Gasteiger partial charge in [-0.1, -0.05) is 0 Å². The van der Waals surface area contributed by atoms with Gasteiger partial charge in [0.1, 0.15) is 11.9 Å². The maximum absolute atomic E-state index is 14.0. The molecule has 3 aliphatic heterocycles. The SMILES string of the molecule is COc1ccc(C2=NC3CC(c4cnn(C5CCNCC5)c4)NN3C(C(F)(F)F)=C2)cc1OC. The first kappa shape index (κ1) is 22.7. The third kappa shape index (κ3) is 4.25. The molecule has 0 bridgehead atoms. The Labute approximate surface area is 195 Å². The van der Waals surface area contributed by atoms with Gasteiger partial charge in [-0.25, -0.2) is 5.43 Å². The fourth-order valence-corrected chi connectivity index (χ4v) is 4.75. The van der Waals surface area contributed by atoms with Crippen LogP contribution in [0.3, 0.4) is 0 Å². The third-order valence-corrected chi connectivity index (χ3v) is 6.54. The zero-order valence-corrected chi connectivity index (χ0v) is 19.0. The first-order chi connectivity index (χ1) is 16.4. The number of nitrogens with one attached hydrogen (secondary N) is 2. The monoisotopic (exact) mass is 476 g/mol. The topological polar surface area (TPSA) is 75.9 Å². The number of methoxy groups -OCH3 is 2. The van der Waals surface area contributed by atoms with Crippen LogP contribution in [0.2, 0.25) is 0 Å². The lowest BCUT2D eigenvalue weighted by atomic mass is 10.0. The highest BCUT2D eigenvalue weighted by molar-refractivity contribution is 6.10. The molecule has 1 aromatic carbocycles. The number of aromatic nitrogens is 2. The molecule has 0 amide bonds. The Morgan fingerprint density at radius 3 is 2.56 bits per heavy atom. The first-order valence-electron chi connectivity index (χ1n) is 11.3. The lowest BCUT2D eigenvalue weighted by Gasteiger charge is -2.31. The summed E-state index contributed by atoms with van der Waals surface area (Å²) in [7, 11) is 2.99. The zero-order valence-electron chi connectivity index (χ0n) is 19.0. The molecule has 2 atom stereocenters. The summed E-state index contributed by atoms with van der Waals surface area (Å²) < 4.78 is 54.6. The smallest absolute Gasteiger partial charge is 0.432 e. The van der Waals surface area contributed by atoms with E-state index in [0.29, 0.717) is 29.5 Å². The molecule has 2 fully saturated rings. The van der Waals surface area contributed by atoms with Crippen molar-refractivity contribution >= 4 is 5.71 Å². The van der Waals surface area contributed by atoms with Crippen LogP contribution >= 0.6 is 0 Å². The number of hydrazine groups is 1. The first-order valence-corrected chi connectivity index (χ1v) is 11.3. The van der Waals surface area contributed by atoms with Gasteiger partial charge in [0, 0.05) is 23.7 Å². The molecule has 34 heavy (non-hydrogen) atoms. The molecule has 8 nitrogen and oxygen atoms in total. The van der Waals surface area contributed by atoms with Gasteiger partial charge in [0.25, 0.3) is 0 Å². The number of benzene rings is 1. The Kier molecular flexibility index (Phi) is 5.98. The van der Waals surface area contributed by atoms with Gasteiger partial charge in [0.2, 0.25) is 0 Å². The Balaban J connectivity index is 1.43. The molecule has 2 unspecified atom stereocenters. The number of alkyl halides is 3. The highest BCUT2D eigenvalue weighted by Crippen LogP contribution is 2.40. The maximum Gasteiger partial charge on any atom is 0.432 e. The predicted molar refractivity (Wildman–Crippen MR) is 120 cm³/mol. The molecule has 3 aliphatic rings. The highest BCUT2D eigenvalue weighted by atomic mass is 19.4. The molecule has 11 heteroatoms. The van der Waals surface area contributed by atoms with Crippen LogP contribution in [0, 0.1) is 0 Å². The summed E-state index contributed by atoms with van der Waals surface area (Å²) in [5, 5.41) is 8.96. The quantitative estimate of drug-likeness (QED) is 0.690. The van der Waals surface area contributed by atoms with Crippen molar-refractivity contribution in [2.75, 3.05) is 27.3 Å². The second kappa shape index (κ2) is 8.95. The number of allylic oxidation sites excluding steroid dienone is 2. The van der Waals surface area contributed by atoms with Crippen LogP contribution in [-0.4, -0.2) is 60.2 Å². The highest BCUT2D eigenvalue weighted by Gasteiger charge is 2.47. The van der Waals surface area contributed by atoms with Crippen molar-refractivity contribution in [3.05, 3.63) is 53.5 Å². The van der Waals surface area contributed by atoms with Gasteiger partial charge in [0.05, 0.1) is 38.2 Å². The van der Waals surface area contributed by atoms with Crippen LogP contribution in [-0.2, 0) is 0 Å². The van der Waals surface area contributed by atoms with E-state index < -0.39 is 18.0 Å². The Bertz CT molecular complexity index is 1110. The fourth-order valence-electron chi connectivity index (χ4n) is 4.75. The lowest BCUT2D eigenvalue weighted by Crippen LogP contribution is -2.44. The Morgan fingerprint density at radius 1 is 1.09 bits per heavy atom. The van der Waals surface area contributed by atoms with Gasteiger partial charge < -0.3 is 14.8 Å². The molecular formula is C23H27F3N6O2. The minimum Gasteiger partial charge on any atom is -0.493 e. The van der Waals surface area contributed by atoms with Crippen LogP contribution < -0.4 is 20.2 Å². The summed E-state index contributed by atoms with van der Waals surface area (Å²) in [5.41, 5.74) is 3.89. The van der Waals surface area contributed by atoms with Crippen molar-refractivity contribution in [1.29, 1.82) is 0 Å². The number of nitrogens with zero attached hydrogens (tertiary/aromatic N) is 4. The number of hydrogen-bond acceptors (Lipinski definition) is 7. The number of piperidine rings is 1. The average molecular weight is 477 g/mol. The van der Waals surface area contributed by atoms with E-state index in [2.05, 4.69) is 20.8 Å². The number of halogens is 3. The molecule has 2 aromatic rings. The molecule has 4 heterocycles. The minimum absolute atomic E-state index is 0.252. The molecule has 2 N–H and O–H groups in total. The van der Waals surface area contributed by atoms with E-state index in [1.54, 1.807) is 24.4 Å². The normalized spacial score (nSPS) is 23.4. The molecule has 0 radical (unpaired) electrons. The number of fused-ring (bicyclic) bond motifs is 1. The molecule has 2 saturated heterocycles. The number of ether oxygens (including phenoxy) is 2. The molecule has 0 spiro atoms. The van der Waals surface area contributed by atoms with E-state index in [0.717, 1.165) is 42.6 Å². The minimum atomic E-state index is -4.54. The Hall–Kier alpha value is -3.05. The second-order valence-electron chi connectivity index (χ2n) is 8.61. The van der Waals surface area contributed by atoms with Gasteiger partial charge in [-0.2, -0.15) is 18.3 Å². The fraction of sp³-hybridized carbons (Fsp3) is 0.478. The van der Waals surface area contributed by atoms with Crippen LogP contribution in [0.25, 0.3) is 0 Å². The van der Waals surface area contributed by atoms with E-state index in [-0.39, 0.29) is 11.8 Å². The van der Waals surface area contributed by atoms with E-state index in [4.69, 9.17) is 9.47 Å². The molecule has 182 valence electrons. The van der Waals surface area contributed by atoms with Crippen molar-refractivity contribution in [2.45, 2.75) is 43.7 Å². The van der Waals surface area contributed by atoms with Gasteiger partial charge in [0.15, 0.2) is 11.5 Å². The van der Waals surface area contributed by atoms with E-state index in [1.807, 2.05) is 10.9 Å². The van der Waals surface area contributed by atoms with Gasteiger partial charge >= 0.3 is 6.18 Å². The molecule has 0 aliphatic carbocycles. The van der Waals surface area contributed by atoms with Gasteiger partial charge in [-0.3, -0.25) is 14.7 Å². The molecule has 1 aromatic heterocycles. The van der Waals surface area contributed by atoms with Crippen LogP contribution in [0.4, 0.5) is 13.2 Å². The summed E-state index contributed by atoms with van der Waals surface area (Å²) in [4.78, 5) is 4.65. The van der Waals surface area contributed by atoms with E-state index >= 15 is 0 Å². The van der Waals surface area contributed by atoms with Crippen molar-refractivity contribution in [1.82, 2.24) is 25.5 Å². The molecular weight excluding hydrogens is 449 g/mol. The standard InChI is InChI=1S/C23H27F3N6O2/c1-33-19-4-3-14(9-20(19)34-2)17-10-21(23(24,25)26)32-22(29-17)11-18(30-32)15-12-28-31(13-15)16-5-7-27-8-6-16/h3-4,9-10,12-13,16,18,22,27,30H,5-8,11H2,1-2H3. The van der Waals surface area contributed by atoms with Gasteiger partial charge in [-0.05, 0) is 50.2 Å². The van der Waals surface area contributed by atoms with Crippen molar-refractivity contribution in [3.8, 4) is 11.5 Å². The van der Waals surface area contributed by atoms with Crippen LogP contribution in [0.1, 0.15) is 42.5 Å². The molecule has 0 saturated carbocycles. The lowest BCUT2D eigenvalue weighted by molar-refractivity contribution is -0.117. The van der Waals surface area contributed by atoms with Crippen molar-refractivity contribution in [2.24, 2.45) is 4.99 Å². The third-order valence-electron chi connectivity index (χ3n) is 6.54. The van der Waals surface area contributed by atoms with Crippen LogP contribution in [0.5, 0.6) is 11.5 Å². The summed E-state index contributed by atoms with van der Waals surface area (Å²) >= 11 is 0. The predicted octanol–water partition coefficient (Wildman–Crippen LogP) is 3.35. The maximum atomic E-state index is 14.0. The largest absolute Gasteiger partial charge is 0.493 e. The summed E-state index contributed by atoms with van der Waals surface area (Å²) in [6.07, 6.45) is 1.87. The van der Waals surface area contributed by atoms with Crippen molar-refractivity contribution in [3.63, 3.8) is 0 Å². The summed E-state index contributed by atoms with van der Waals surface area (Å²) in [5.74, 6) is 0.928. The van der Waals surface area contributed by atoms with Crippen LogP contribution in [0.15, 0.2) is 47.4 Å². The number of aliphatic imine (C=N–C) groups is 1. The second-order valence-corrected chi connectivity index (χ2v) is 8.61. The van der Waals surface area contributed by atoms with Gasteiger partial charge in [-0.15, -0.1) is 0 Å². The van der Waals surface area contributed by atoms with E-state index in [9.17, 15) is 13.2 Å². The molecule has 5 rings (SSSR count). The van der Waals surface area contributed by atoms with E-state index in [1.165, 1.54) is 14.2 Å². The zero-order chi connectivity index (χ0) is 23.9.